The highest BCUT2D eigenvalue weighted by molar-refractivity contribution is 5.72. The van der Waals surface area contributed by atoms with Gasteiger partial charge in [0.1, 0.15) is 13.2 Å². The highest BCUT2D eigenvalue weighted by Gasteiger charge is 2.19. The van der Waals surface area contributed by atoms with E-state index in [1.807, 2.05) is 6.08 Å². The summed E-state index contributed by atoms with van der Waals surface area (Å²) < 4.78 is 16.8. The molecule has 1 unspecified atom stereocenters. The average molecular weight is 1140 g/mol. The molecule has 0 radical (unpaired) electrons. The molecule has 470 valence electrons. The van der Waals surface area contributed by atoms with E-state index in [-0.39, 0.29) is 38.0 Å². The number of carbonyl (C=O) groups is 3. The largest absolute Gasteiger partial charge is 0.462 e. The third-order valence-corrected chi connectivity index (χ3v) is 15.1. The van der Waals surface area contributed by atoms with Crippen molar-refractivity contribution in [2.24, 2.45) is 0 Å². The molecule has 6 heteroatoms. The summed E-state index contributed by atoms with van der Waals surface area (Å²) in [5, 5.41) is 0. The zero-order valence-corrected chi connectivity index (χ0v) is 54.0. The normalized spacial score (nSPS) is 12.8. The number of ether oxygens (including phenoxy) is 3. The molecule has 0 heterocycles. The third kappa shape index (κ3) is 66.9. The van der Waals surface area contributed by atoms with Crippen molar-refractivity contribution in [2.45, 2.75) is 341 Å². The molecule has 0 spiro atoms. The molecule has 0 aliphatic heterocycles. The number of unbranched alkanes of at least 4 members (excludes halogenated alkanes) is 35. The van der Waals surface area contributed by atoms with E-state index in [1.54, 1.807) is 6.08 Å². The predicted octanol–water partition coefficient (Wildman–Crippen LogP) is 24.2. The molecule has 0 fully saturated rings. The summed E-state index contributed by atoms with van der Waals surface area (Å²) in [7, 11) is 0. The molecular formula is C76H130O6. The number of carbonyl (C=O) groups excluding carboxylic acids is 3. The molecular weight excluding hydrogens is 1010 g/mol. The van der Waals surface area contributed by atoms with Crippen LogP contribution in [0.15, 0.2) is 109 Å². The first-order chi connectivity index (χ1) is 40.5. The van der Waals surface area contributed by atoms with Gasteiger partial charge in [-0.15, -0.1) is 0 Å². The molecule has 0 rings (SSSR count). The minimum atomic E-state index is -0.851. The van der Waals surface area contributed by atoms with Gasteiger partial charge in [-0.3, -0.25) is 14.4 Å². The Hall–Kier alpha value is -3.93. The van der Waals surface area contributed by atoms with Crippen LogP contribution in [-0.4, -0.2) is 37.2 Å². The van der Waals surface area contributed by atoms with Gasteiger partial charge in [0.2, 0.25) is 0 Å². The van der Waals surface area contributed by atoms with Gasteiger partial charge in [-0.05, 0) is 83.5 Å². The van der Waals surface area contributed by atoms with Crippen molar-refractivity contribution < 1.29 is 28.6 Å². The lowest BCUT2D eigenvalue weighted by Crippen LogP contribution is -2.30. The van der Waals surface area contributed by atoms with Gasteiger partial charge in [0.15, 0.2) is 6.10 Å². The zero-order valence-electron chi connectivity index (χ0n) is 54.0. The lowest BCUT2D eigenvalue weighted by Gasteiger charge is -2.18. The second-order valence-corrected chi connectivity index (χ2v) is 23.1. The number of hydrogen-bond acceptors (Lipinski definition) is 6. The van der Waals surface area contributed by atoms with Crippen molar-refractivity contribution >= 4 is 17.9 Å². The van der Waals surface area contributed by atoms with Crippen LogP contribution >= 0.6 is 0 Å². The van der Waals surface area contributed by atoms with Gasteiger partial charge in [0.05, 0.1) is 6.42 Å². The van der Waals surface area contributed by atoms with E-state index >= 15 is 0 Å². The Labute approximate surface area is 508 Å². The molecule has 0 aliphatic carbocycles. The number of esters is 3. The second kappa shape index (κ2) is 69.6. The first-order valence-corrected chi connectivity index (χ1v) is 34.9. The van der Waals surface area contributed by atoms with Gasteiger partial charge in [-0.2, -0.15) is 0 Å². The first-order valence-electron chi connectivity index (χ1n) is 34.9. The Bertz CT molecular complexity index is 1640. The highest BCUT2D eigenvalue weighted by Crippen LogP contribution is 2.18. The van der Waals surface area contributed by atoms with Gasteiger partial charge >= 0.3 is 17.9 Å². The molecule has 1 atom stereocenters. The van der Waals surface area contributed by atoms with Crippen LogP contribution in [0.25, 0.3) is 0 Å². The minimum Gasteiger partial charge on any atom is -0.462 e. The van der Waals surface area contributed by atoms with Crippen molar-refractivity contribution in [1.29, 1.82) is 0 Å². The van der Waals surface area contributed by atoms with E-state index in [0.29, 0.717) is 19.3 Å². The maximum atomic E-state index is 12.8. The van der Waals surface area contributed by atoms with E-state index in [1.165, 1.54) is 199 Å². The molecule has 82 heavy (non-hydrogen) atoms. The van der Waals surface area contributed by atoms with Gasteiger partial charge in [-0.1, -0.05) is 342 Å². The molecule has 0 aromatic rings. The summed E-state index contributed by atoms with van der Waals surface area (Å²) in [6.45, 7) is 6.32. The Balaban J connectivity index is 4.19. The smallest absolute Gasteiger partial charge is 0.310 e. The summed E-state index contributed by atoms with van der Waals surface area (Å²) in [6, 6.07) is 0. The van der Waals surface area contributed by atoms with Crippen molar-refractivity contribution in [3.63, 3.8) is 0 Å². The van der Waals surface area contributed by atoms with Crippen LogP contribution in [0.5, 0.6) is 0 Å². The van der Waals surface area contributed by atoms with Gasteiger partial charge in [0, 0.05) is 12.8 Å². The van der Waals surface area contributed by atoms with Crippen LogP contribution in [-0.2, 0) is 28.6 Å². The summed E-state index contributed by atoms with van der Waals surface area (Å²) >= 11 is 0. The SMILES string of the molecule is CC/C=C\C/C=C\C/C=C\C/C=C\C/C=C\CC(=O)OC(COC(=O)CCCC/C=C\C/C=C\C/C=C\C/C=C\CC)COC(=O)CCCCCCCCCCCCCCCCCCCCCCCCCCCCCCCCCCCC. The molecule has 0 amide bonds. The fraction of sp³-hybridized carbons (Fsp3) is 0.724. The van der Waals surface area contributed by atoms with Gasteiger partial charge in [-0.25, -0.2) is 0 Å². The molecule has 0 bridgehead atoms. The van der Waals surface area contributed by atoms with Gasteiger partial charge < -0.3 is 14.2 Å². The lowest BCUT2D eigenvalue weighted by molar-refractivity contribution is -0.166. The number of rotatable bonds is 63. The molecule has 0 saturated heterocycles. The van der Waals surface area contributed by atoms with Crippen molar-refractivity contribution in [3.05, 3.63) is 109 Å². The summed E-state index contributed by atoms with van der Waals surface area (Å²) in [5.74, 6) is -1.10. The predicted molar refractivity (Wildman–Crippen MR) is 357 cm³/mol. The molecule has 0 aromatic carbocycles. The Morgan fingerprint density at radius 3 is 0.805 bits per heavy atom. The summed E-state index contributed by atoms with van der Waals surface area (Å²) in [5.41, 5.74) is 0. The van der Waals surface area contributed by atoms with Gasteiger partial charge in [0.25, 0.3) is 0 Å². The topological polar surface area (TPSA) is 78.9 Å². The monoisotopic (exact) mass is 1140 g/mol. The van der Waals surface area contributed by atoms with Crippen LogP contribution in [0.1, 0.15) is 335 Å². The van der Waals surface area contributed by atoms with Crippen LogP contribution in [0, 0.1) is 0 Å². The van der Waals surface area contributed by atoms with E-state index in [4.69, 9.17) is 14.2 Å². The van der Waals surface area contributed by atoms with E-state index in [9.17, 15) is 14.4 Å². The van der Waals surface area contributed by atoms with Crippen LogP contribution in [0.4, 0.5) is 0 Å². The maximum Gasteiger partial charge on any atom is 0.310 e. The van der Waals surface area contributed by atoms with Crippen molar-refractivity contribution in [2.75, 3.05) is 13.2 Å². The van der Waals surface area contributed by atoms with Crippen LogP contribution < -0.4 is 0 Å². The lowest BCUT2D eigenvalue weighted by atomic mass is 10.0. The van der Waals surface area contributed by atoms with E-state index in [0.717, 1.165) is 83.5 Å². The quantitative estimate of drug-likeness (QED) is 0.0261. The fourth-order valence-electron chi connectivity index (χ4n) is 9.93. The molecule has 0 aliphatic rings. The third-order valence-electron chi connectivity index (χ3n) is 15.1. The summed E-state index contributed by atoms with van der Waals surface area (Å²) in [6.07, 6.45) is 96.1. The Morgan fingerprint density at radius 2 is 0.512 bits per heavy atom. The molecule has 0 saturated carbocycles. The maximum absolute atomic E-state index is 12.8. The summed E-state index contributed by atoms with van der Waals surface area (Å²) in [4.78, 5) is 38.2. The van der Waals surface area contributed by atoms with E-state index in [2.05, 4.69) is 118 Å². The number of allylic oxidation sites excluding steroid dienone is 17. The van der Waals surface area contributed by atoms with Crippen molar-refractivity contribution in [1.82, 2.24) is 0 Å². The zero-order chi connectivity index (χ0) is 59.2. The first kappa shape index (κ1) is 78.1. The average Bonchev–Trinajstić information content (AvgIpc) is 3.47. The minimum absolute atomic E-state index is 0.0863. The second-order valence-electron chi connectivity index (χ2n) is 23.1. The standard InChI is InChI=1S/C76H130O6/c1-4-7-10-13-16-19-22-25-28-29-30-31-32-33-34-35-36-37-38-39-40-41-42-43-44-45-46-49-51-54-57-60-63-66-69-75(78)81-72-73(82-76(79)70-67-64-61-58-55-52-48-27-24-21-18-15-12-9-6-3)71-80-74(77)68-65-62-59-56-53-50-47-26-23-20-17-14-11-8-5-2/h8-9,11-12,17-18,20-21,26-27,47-48,53,55-56,58,64,67,73H,4-7,10,13-16,19,22-25,28-46,49-52,54,57,59-63,65-66,68-72H2,1-3H3/b11-8-,12-9-,20-17-,21-18-,47-26-,48-27-,56-53-,58-55-,67-64-. The Morgan fingerprint density at radius 1 is 0.268 bits per heavy atom. The fourth-order valence-corrected chi connectivity index (χ4v) is 9.93. The van der Waals surface area contributed by atoms with Crippen LogP contribution in [0.3, 0.4) is 0 Å². The van der Waals surface area contributed by atoms with Crippen LogP contribution in [0.2, 0.25) is 0 Å². The molecule has 0 N–H and O–H groups in total. The van der Waals surface area contributed by atoms with Crippen molar-refractivity contribution in [3.8, 4) is 0 Å². The highest BCUT2D eigenvalue weighted by atomic mass is 16.6. The molecule has 0 aromatic heterocycles. The number of hydrogen-bond donors (Lipinski definition) is 0. The van der Waals surface area contributed by atoms with E-state index < -0.39 is 12.1 Å². The molecule has 6 nitrogen and oxygen atoms in total. The Kier molecular flexibility index (Phi) is 66.2.